The zero-order chi connectivity index (χ0) is 14.0. The first-order valence-corrected chi connectivity index (χ1v) is 5.90. The lowest BCUT2D eigenvalue weighted by Gasteiger charge is -2.10. The number of rotatable bonds is 9. The maximum atomic E-state index is 11.2. The fourth-order valence-corrected chi connectivity index (χ4v) is 1.25. The Labute approximate surface area is 106 Å². The molecule has 0 spiro atoms. The Morgan fingerprint density at radius 3 is 2.44 bits per heavy atom. The van der Waals surface area contributed by atoms with Crippen LogP contribution in [0.4, 0.5) is 0 Å². The van der Waals surface area contributed by atoms with E-state index in [0.717, 1.165) is 0 Å². The van der Waals surface area contributed by atoms with Crippen LogP contribution >= 0.6 is 0 Å². The molecule has 0 unspecified atom stereocenters. The molecule has 0 fully saturated rings. The molecule has 0 saturated heterocycles. The highest BCUT2D eigenvalue weighted by Crippen LogP contribution is 1.95. The van der Waals surface area contributed by atoms with Crippen molar-refractivity contribution in [2.45, 2.75) is 32.2 Å². The van der Waals surface area contributed by atoms with E-state index in [9.17, 15) is 14.4 Å². The summed E-state index contributed by atoms with van der Waals surface area (Å²) >= 11 is 0. The van der Waals surface area contributed by atoms with Crippen molar-refractivity contribution in [3.8, 4) is 0 Å². The average Bonchev–Trinajstić information content (AvgIpc) is 2.35. The minimum atomic E-state index is -0.905. The third-order valence-corrected chi connectivity index (χ3v) is 2.38. The SMILES string of the molecule is CCC(=O)/C=C/C(=O)NCCC[C@@H](NC)C(=O)O. The predicted octanol–water partition coefficient (Wildman–Crippen LogP) is 0.0907. The predicted molar refractivity (Wildman–Crippen MR) is 67.2 cm³/mol. The molecule has 0 bridgehead atoms. The van der Waals surface area contributed by atoms with E-state index in [1.54, 1.807) is 14.0 Å². The van der Waals surface area contributed by atoms with Crippen molar-refractivity contribution in [2.75, 3.05) is 13.6 Å². The zero-order valence-corrected chi connectivity index (χ0v) is 10.7. The number of allylic oxidation sites excluding steroid dienone is 1. The number of carbonyl (C=O) groups is 3. The molecule has 102 valence electrons. The molecule has 3 N–H and O–H groups in total. The summed E-state index contributed by atoms with van der Waals surface area (Å²) in [4.78, 5) is 32.8. The number of ketones is 1. The second-order valence-electron chi connectivity index (χ2n) is 3.77. The highest BCUT2D eigenvalue weighted by molar-refractivity contribution is 5.97. The number of amides is 1. The molecule has 0 rings (SSSR count). The van der Waals surface area contributed by atoms with Crippen LogP contribution in [0.25, 0.3) is 0 Å². The topological polar surface area (TPSA) is 95.5 Å². The fraction of sp³-hybridized carbons (Fsp3) is 0.583. The second kappa shape index (κ2) is 9.35. The quantitative estimate of drug-likeness (QED) is 0.401. The van der Waals surface area contributed by atoms with E-state index in [-0.39, 0.29) is 11.7 Å². The van der Waals surface area contributed by atoms with Crippen LogP contribution in [0, 0.1) is 0 Å². The zero-order valence-electron chi connectivity index (χ0n) is 10.7. The number of carboxylic acids is 1. The molecule has 0 aliphatic heterocycles. The van der Waals surface area contributed by atoms with Crippen molar-refractivity contribution < 1.29 is 19.5 Å². The van der Waals surface area contributed by atoms with Gasteiger partial charge in [0.15, 0.2) is 5.78 Å². The van der Waals surface area contributed by atoms with E-state index < -0.39 is 12.0 Å². The van der Waals surface area contributed by atoms with Crippen LogP contribution in [0.2, 0.25) is 0 Å². The Balaban J connectivity index is 3.78. The van der Waals surface area contributed by atoms with Gasteiger partial charge in [0, 0.05) is 19.0 Å². The van der Waals surface area contributed by atoms with Crippen molar-refractivity contribution in [3.05, 3.63) is 12.2 Å². The third kappa shape index (κ3) is 7.56. The molecule has 0 aromatic heterocycles. The monoisotopic (exact) mass is 256 g/mol. The van der Waals surface area contributed by atoms with Gasteiger partial charge < -0.3 is 15.7 Å². The van der Waals surface area contributed by atoms with E-state index in [4.69, 9.17) is 5.11 Å². The summed E-state index contributed by atoms with van der Waals surface area (Å²) in [6.45, 7) is 2.10. The highest BCUT2D eigenvalue weighted by atomic mass is 16.4. The summed E-state index contributed by atoms with van der Waals surface area (Å²) in [5.41, 5.74) is 0. The van der Waals surface area contributed by atoms with Gasteiger partial charge in [-0.2, -0.15) is 0 Å². The Morgan fingerprint density at radius 1 is 1.28 bits per heavy atom. The van der Waals surface area contributed by atoms with Gasteiger partial charge in [-0.3, -0.25) is 14.4 Å². The van der Waals surface area contributed by atoms with Crippen LogP contribution in [-0.2, 0) is 14.4 Å². The molecule has 6 heteroatoms. The van der Waals surface area contributed by atoms with Gasteiger partial charge >= 0.3 is 5.97 Å². The Hall–Kier alpha value is -1.69. The first-order valence-electron chi connectivity index (χ1n) is 5.90. The average molecular weight is 256 g/mol. The van der Waals surface area contributed by atoms with Gasteiger partial charge in [0.2, 0.25) is 5.91 Å². The minimum absolute atomic E-state index is 0.105. The lowest BCUT2D eigenvalue weighted by molar-refractivity contribution is -0.139. The van der Waals surface area contributed by atoms with E-state index >= 15 is 0 Å². The largest absolute Gasteiger partial charge is 0.480 e. The van der Waals surface area contributed by atoms with E-state index in [1.165, 1.54) is 12.2 Å². The minimum Gasteiger partial charge on any atom is -0.480 e. The number of hydrogen-bond donors (Lipinski definition) is 3. The van der Waals surface area contributed by atoms with Gasteiger partial charge in [-0.05, 0) is 26.0 Å². The number of carboxylic acid groups (broad SMARTS) is 1. The standard InChI is InChI=1S/C12H20N2O4/c1-3-9(15)6-7-11(16)14-8-4-5-10(13-2)12(17)18/h6-7,10,13H,3-5,8H2,1-2H3,(H,14,16)(H,17,18)/b7-6+/t10-/m1/s1. The fourth-order valence-electron chi connectivity index (χ4n) is 1.25. The highest BCUT2D eigenvalue weighted by Gasteiger charge is 2.13. The van der Waals surface area contributed by atoms with Gasteiger partial charge in [-0.15, -0.1) is 0 Å². The van der Waals surface area contributed by atoms with Crippen molar-refractivity contribution in [2.24, 2.45) is 0 Å². The first kappa shape index (κ1) is 16.3. The lowest BCUT2D eigenvalue weighted by Crippen LogP contribution is -2.34. The molecule has 18 heavy (non-hydrogen) atoms. The van der Waals surface area contributed by atoms with Gasteiger partial charge in [0.05, 0.1) is 0 Å². The maximum Gasteiger partial charge on any atom is 0.320 e. The van der Waals surface area contributed by atoms with Gasteiger partial charge in [0.1, 0.15) is 6.04 Å². The van der Waals surface area contributed by atoms with Crippen LogP contribution in [0.5, 0.6) is 0 Å². The van der Waals surface area contributed by atoms with Crippen LogP contribution in [0.15, 0.2) is 12.2 Å². The van der Waals surface area contributed by atoms with Gasteiger partial charge in [-0.1, -0.05) is 6.92 Å². The maximum absolute atomic E-state index is 11.2. The number of carbonyl (C=O) groups excluding carboxylic acids is 2. The smallest absolute Gasteiger partial charge is 0.320 e. The van der Waals surface area contributed by atoms with E-state index in [0.29, 0.717) is 25.8 Å². The third-order valence-electron chi connectivity index (χ3n) is 2.38. The van der Waals surface area contributed by atoms with Crippen LogP contribution in [0.1, 0.15) is 26.2 Å². The van der Waals surface area contributed by atoms with Crippen molar-refractivity contribution >= 4 is 17.7 Å². The number of hydrogen-bond acceptors (Lipinski definition) is 4. The van der Waals surface area contributed by atoms with Gasteiger partial charge in [-0.25, -0.2) is 0 Å². The Kier molecular flexibility index (Phi) is 8.47. The van der Waals surface area contributed by atoms with Crippen LogP contribution < -0.4 is 10.6 Å². The molecule has 1 amide bonds. The molecule has 0 aliphatic carbocycles. The second-order valence-corrected chi connectivity index (χ2v) is 3.77. The van der Waals surface area contributed by atoms with Crippen LogP contribution in [0.3, 0.4) is 0 Å². The van der Waals surface area contributed by atoms with Crippen molar-refractivity contribution in [3.63, 3.8) is 0 Å². The molecule has 0 aromatic carbocycles. The molecule has 6 nitrogen and oxygen atoms in total. The molecule has 0 radical (unpaired) electrons. The molecule has 1 atom stereocenters. The number of aliphatic carboxylic acids is 1. The normalized spacial score (nSPS) is 12.3. The summed E-state index contributed by atoms with van der Waals surface area (Å²) in [6.07, 6.45) is 3.79. The molecule has 0 aromatic rings. The van der Waals surface area contributed by atoms with E-state index in [1.807, 2.05) is 0 Å². The summed E-state index contributed by atoms with van der Waals surface area (Å²) in [5, 5.41) is 14.0. The number of nitrogens with one attached hydrogen (secondary N) is 2. The summed E-state index contributed by atoms with van der Waals surface area (Å²) in [6, 6.07) is -0.598. The molecule has 0 saturated carbocycles. The van der Waals surface area contributed by atoms with E-state index in [2.05, 4.69) is 10.6 Å². The van der Waals surface area contributed by atoms with Gasteiger partial charge in [0.25, 0.3) is 0 Å². The Morgan fingerprint density at radius 2 is 1.94 bits per heavy atom. The summed E-state index contributed by atoms with van der Waals surface area (Å²) < 4.78 is 0. The first-order chi connectivity index (χ1) is 8.51. The lowest BCUT2D eigenvalue weighted by atomic mass is 10.1. The summed E-state index contributed by atoms with van der Waals surface area (Å²) in [7, 11) is 1.58. The molecule has 0 aliphatic rings. The van der Waals surface area contributed by atoms with Crippen LogP contribution in [-0.4, -0.2) is 42.4 Å². The molecular formula is C12H20N2O4. The summed E-state index contributed by atoms with van der Waals surface area (Å²) in [5.74, 6) is -1.35. The number of likely N-dealkylation sites (N-methyl/N-ethyl adjacent to an activating group) is 1. The molecular weight excluding hydrogens is 236 g/mol. The Bertz CT molecular complexity index is 326. The van der Waals surface area contributed by atoms with Crippen molar-refractivity contribution in [1.82, 2.24) is 10.6 Å². The molecule has 0 heterocycles. The van der Waals surface area contributed by atoms with Crippen molar-refractivity contribution in [1.29, 1.82) is 0 Å².